The van der Waals surface area contributed by atoms with E-state index < -0.39 is 5.60 Å². The van der Waals surface area contributed by atoms with Gasteiger partial charge in [-0.15, -0.1) is 24.0 Å². The molecule has 0 aromatic carbocycles. The quantitative estimate of drug-likeness (QED) is 0.364. The first-order chi connectivity index (χ1) is 13.2. The molecular weight excluding hydrogens is 483 g/mol. The highest BCUT2D eigenvalue weighted by Gasteiger charge is 2.45. The normalized spacial score (nSPS) is 24.1. The molecule has 29 heavy (non-hydrogen) atoms. The van der Waals surface area contributed by atoms with Gasteiger partial charge in [-0.25, -0.2) is 4.79 Å². The van der Waals surface area contributed by atoms with Gasteiger partial charge in [-0.1, -0.05) is 0 Å². The van der Waals surface area contributed by atoms with Crippen LogP contribution < -0.4 is 10.6 Å². The van der Waals surface area contributed by atoms with Crippen LogP contribution in [0.3, 0.4) is 0 Å². The lowest BCUT2D eigenvalue weighted by Crippen LogP contribution is -2.55. The minimum Gasteiger partial charge on any atom is -0.444 e. The first-order valence-electron chi connectivity index (χ1n) is 10.2. The number of aromatic nitrogens is 2. The highest BCUT2D eigenvalue weighted by atomic mass is 127. The first-order valence-corrected chi connectivity index (χ1v) is 10.2. The Bertz CT molecular complexity index is 700. The van der Waals surface area contributed by atoms with Crippen molar-refractivity contribution in [1.29, 1.82) is 0 Å². The standard InChI is InChI=1S/C20H34N6O2.HI/c1-14-12-23-25(13-14)9-8-22-18(21-5)24-15-10-16-6-7-17(11-15)26(16)19(27)28-20(2,3)4;/h12-13,15-17H,6-11H2,1-5H3,(H2,21,22,24);1H. The maximum absolute atomic E-state index is 12.6. The molecule has 0 radical (unpaired) electrons. The average Bonchev–Trinajstić information content (AvgIpc) is 3.13. The minimum absolute atomic E-state index is 0. The number of aliphatic imine (C=N–C) groups is 1. The summed E-state index contributed by atoms with van der Waals surface area (Å²) >= 11 is 0. The van der Waals surface area contributed by atoms with Gasteiger partial charge in [0.05, 0.1) is 12.7 Å². The van der Waals surface area contributed by atoms with E-state index in [1.165, 1.54) is 0 Å². The Labute approximate surface area is 190 Å². The topological polar surface area (TPSA) is 83.8 Å². The van der Waals surface area contributed by atoms with Gasteiger partial charge in [0, 0.05) is 37.9 Å². The predicted molar refractivity (Wildman–Crippen MR) is 125 cm³/mol. The van der Waals surface area contributed by atoms with Crippen molar-refractivity contribution in [3.63, 3.8) is 0 Å². The number of halogens is 1. The van der Waals surface area contributed by atoms with Crippen LogP contribution in [0.4, 0.5) is 4.79 Å². The van der Waals surface area contributed by atoms with Crippen LogP contribution in [0.25, 0.3) is 0 Å². The number of carbonyl (C=O) groups excluding carboxylic acids is 1. The van der Waals surface area contributed by atoms with Gasteiger partial charge in [-0.3, -0.25) is 9.67 Å². The van der Waals surface area contributed by atoms with Crippen LogP contribution in [-0.4, -0.2) is 64.1 Å². The molecule has 1 amide bonds. The molecule has 0 saturated carbocycles. The number of nitrogens with one attached hydrogen (secondary N) is 2. The Morgan fingerprint density at radius 2 is 1.97 bits per heavy atom. The molecule has 1 aromatic rings. The molecule has 0 aliphatic carbocycles. The number of nitrogens with zero attached hydrogens (tertiary/aromatic N) is 4. The zero-order chi connectivity index (χ0) is 20.3. The summed E-state index contributed by atoms with van der Waals surface area (Å²) in [6, 6.07) is 0.807. The second-order valence-electron chi connectivity index (χ2n) is 8.87. The Balaban J connectivity index is 0.00000300. The number of hydrogen-bond acceptors (Lipinski definition) is 4. The van der Waals surface area contributed by atoms with Crippen molar-refractivity contribution in [1.82, 2.24) is 25.3 Å². The fourth-order valence-electron chi connectivity index (χ4n) is 4.17. The number of hydrogen-bond donors (Lipinski definition) is 2. The molecule has 2 aliphatic rings. The molecule has 3 rings (SSSR count). The Hall–Kier alpha value is -1.52. The van der Waals surface area contributed by atoms with Crippen molar-refractivity contribution in [2.75, 3.05) is 13.6 Å². The number of aryl methyl sites for hydroxylation is 1. The van der Waals surface area contributed by atoms with Gasteiger partial charge in [0.1, 0.15) is 5.60 Å². The summed E-state index contributed by atoms with van der Waals surface area (Å²) in [5, 5.41) is 11.2. The van der Waals surface area contributed by atoms with Crippen LogP contribution >= 0.6 is 24.0 Å². The molecule has 3 heterocycles. The molecular formula is C20H35IN6O2. The first kappa shape index (κ1) is 23.8. The van der Waals surface area contributed by atoms with Crippen LogP contribution in [0.1, 0.15) is 52.0 Å². The van der Waals surface area contributed by atoms with Crippen molar-refractivity contribution < 1.29 is 9.53 Å². The van der Waals surface area contributed by atoms with Crippen molar-refractivity contribution in [2.45, 2.75) is 83.6 Å². The molecule has 0 spiro atoms. The third-order valence-corrected chi connectivity index (χ3v) is 5.30. The molecule has 2 bridgehead atoms. The maximum atomic E-state index is 12.6. The Kier molecular flexibility index (Phi) is 8.18. The monoisotopic (exact) mass is 518 g/mol. The molecule has 2 unspecified atom stereocenters. The van der Waals surface area contributed by atoms with Crippen LogP contribution in [0.15, 0.2) is 17.4 Å². The summed E-state index contributed by atoms with van der Waals surface area (Å²) in [5.74, 6) is 0.805. The molecule has 2 aliphatic heterocycles. The van der Waals surface area contributed by atoms with Gasteiger partial charge < -0.3 is 20.3 Å². The molecule has 2 saturated heterocycles. The molecule has 2 N–H and O–H groups in total. The van der Waals surface area contributed by atoms with E-state index in [4.69, 9.17) is 4.74 Å². The van der Waals surface area contributed by atoms with Crippen molar-refractivity contribution in [3.8, 4) is 0 Å². The third kappa shape index (κ3) is 6.48. The largest absolute Gasteiger partial charge is 0.444 e. The highest BCUT2D eigenvalue weighted by molar-refractivity contribution is 14.0. The average molecular weight is 518 g/mol. The van der Waals surface area contributed by atoms with Gasteiger partial charge in [-0.05, 0) is 58.9 Å². The number of piperidine rings is 1. The van der Waals surface area contributed by atoms with E-state index >= 15 is 0 Å². The Morgan fingerprint density at radius 1 is 1.31 bits per heavy atom. The fraction of sp³-hybridized carbons (Fsp3) is 0.750. The second kappa shape index (κ2) is 9.99. The number of ether oxygens (including phenoxy) is 1. The van der Waals surface area contributed by atoms with E-state index in [-0.39, 0.29) is 42.2 Å². The summed E-state index contributed by atoms with van der Waals surface area (Å²) in [6.07, 6.45) is 7.67. The van der Waals surface area contributed by atoms with Gasteiger partial charge in [0.25, 0.3) is 0 Å². The number of amides is 1. The van der Waals surface area contributed by atoms with Crippen LogP contribution in [0.5, 0.6) is 0 Å². The second-order valence-corrected chi connectivity index (χ2v) is 8.87. The smallest absolute Gasteiger partial charge is 0.410 e. The number of carbonyl (C=O) groups is 1. The predicted octanol–water partition coefficient (Wildman–Crippen LogP) is 2.91. The van der Waals surface area contributed by atoms with E-state index in [2.05, 4.69) is 20.7 Å². The number of rotatable bonds is 4. The zero-order valence-corrected chi connectivity index (χ0v) is 20.5. The van der Waals surface area contributed by atoms with Gasteiger partial charge in [-0.2, -0.15) is 5.10 Å². The van der Waals surface area contributed by atoms with E-state index in [0.717, 1.165) is 50.3 Å². The van der Waals surface area contributed by atoms with Crippen molar-refractivity contribution in [2.24, 2.45) is 4.99 Å². The van der Waals surface area contributed by atoms with Crippen molar-refractivity contribution in [3.05, 3.63) is 18.0 Å². The van der Waals surface area contributed by atoms with E-state index in [9.17, 15) is 4.79 Å². The summed E-state index contributed by atoms with van der Waals surface area (Å²) in [4.78, 5) is 18.9. The lowest BCUT2D eigenvalue weighted by atomic mass is 9.98. The number of fused-ring (bicyclic) bond motifs is 2. The highest BCUT2D eigenvalue weighted by Crippen LogP contribution is 2.36. The van der Waals surface area contributed by atoms with E-state index in [1.54, 1.807) is 7.05 Å². The third-order valence-electron chi connectivity index (χ3n) is 5.30. The molecule has 2 atom stereocenters. The van der Waals surface area contributed by atoms with Gasteiger partial charge >= 0.3 is 6.09 Å². The molecule has 9 heteroatoms. The maximum Gasteiger partial charge on any atom is 0.410 e. The molecule has 8 nitrogen and oxygen atoms in total. The SMILES string of the molecule is CN=C(NCCn1cc(C)cn1)NC1CC2CCC(C1)N2C(=O)OC(C)(C)C.I. The zero-order valence-electron chi connectivity index (χ0n) is 18.1. The van der Waals surface area contributed by atoms with Gasteiger partial charge in [0.2, 0.25) is 0 Å². The molecule has 1 aromatic heterocycles. The van der Waals surface area contributed by atoms with Crippen molar-refractivity contribution >= 4 is 36.0 Å². The summed E-state index contributed by atoms with van der Waals surface area (Å²) < 4.78 is 7.54. The molecule has 2 fully saturated rings. The van der Waals surface area contributed by atoms with E-state index in [1.807, 2.05) is 49.7 Å². The fourth-order valence-corrected chi connectivity index (χ4v) is 4.17. The summed E-state index contributed by atoms with van der Waals surface area (Å²) in [5.41, 5.74) is 0.708. The van der Waals surface area contributed by atoms with Crippen LogP contribution in [0.2, 0.25) is 0 Å². The summed E-state index contributed by atoms with van der Waals surface area (Å²) in [6.45, 7) is 9.33. The van der Waals surface area contributed by atoms with Crippen LogP contribution in [0, 0.1) is 6.92 Å². The summed E-state index contributed by atoms with van der Waals surface area (Å²) in [7, 11) is 1.79. The lowest BCUT2D eigenvalue weighted by molar-refractivity contribution is 0.00545. The van der Waals surface area contributed by atoms with E-state index in [0.29, 0.717) is 6.04 Å². The number of guanidine groups is 1. The molecule has 164 valence electrons. The lowest BCUT2D eigenvalue weighted by Gasteiger charge is -2.40. The minimum atomic E-state index is -0.454. The van der Waals surface area contributed by atoms with Gasteiger partial charge in [0.15, 0.2) is 5.96 Å². The van der Waals surface area contributed by atoms with Crippen LogP contribution in [-0.2, 0) is 11.3 Å². The Morgan fingerprint density at radius 3 is 2.48 bits per heavy atom.